The number of amidine groups is 1. The summed E-state index contributed by atoms with van der Waals surface area (Å²) in [5, 5.41) is 16.8. The monoisotopic (exact) mass is 667 g/mol. The van der Waals surface area contributed by atoms with Gasteiger partial charge in [0.05, 0.1) is 28.5 Å². The van der Waals surface area contributed by atoms with Gasteiger partial charge in [-0.15, -0.1) is 0 Å². The van der Waals surface area contributed by atoms with E-state index in [1.165, 1.54) is 6.20 Å². The zero-order valence-electron chi connectivity index (χ0n) is 27.6. The SMILES string of the molecule is CN(C)c1ccc(/C=C/c2ccc(C(=O)Nc3cc(C(=O)Nc4cc(C(=O)NCCC(=N)N5CCSCC5)n(C)c4)n(C)c3)cn2)cc1. The Kier molecular flexibility index (Phi) is 11.0. The number of hydrogen-bond acceptors (Lipinski definition) is 7. The maximum Gasteiger partial charge on any atom is 0.272 e. The summed E-state index contributed by atoms with van der Waals surface area (Å²) >= 11 is 1.89. The van der Waals surface area contributed by atoms with Crippen molar-refractivity contribution in [3.05, 3.63) is 95.3 Å². The van der Waals surface area contributed by atoms with E-state index in [0.717, 1.165) is 41.5 Å². The highest BCUT2D eigenvalue weighted by atomic mass is 32.2. The topological polar surface area (TPSA) is 140 Å². The van der Waals surface area contributed by atoms with E-state index in [2.05, 4.69) is 25.8 Å². The average Bonchev–Trinajstić information content (AvgIpc) is 3.64. The van der Waals surface area contributed by atoms with E-state index < -0.39 is 5.91 Å². The van der Waals surface area contributed by atoms with Gasteiger partial charge in [0, 0.05) is 90.0 Å². The molecule has 0 bridgehead atoms. The fraction of sp³-hybridized carbons (Fsp3) is 0.286. The highest BCUT2D eigenvalue weighted by Gasteiger charge is 2.18. The predicted molar refractivity (Wildman–Crippen MR) is 194 cm³/mol. The molecule has 0 radical (unpaired) electrons. The maximum absolute atomic E-state index is 13.1. The van der Waals surface area contributed by atoms with Gasteiger partial charge in [0.1, 0.15) is 11.4 Å². The molecule has 1 saturated heterocycles. The smallest absolute Gasteiger partial charge is 0.272 e. The molecule has 4 heterocycles. The minimum atomic E-state index is -0.391. The van der Waals surface area contributed by atoms with Crippen LogP contribution < -0.4 is 20.9 Å². The summed E-state index contributed by atoms with van der Waals surface area (Å²) in [6, 6.07) is 14.8. The van der Waals surface area contributed by atoms with E-state index in [0.29, 0.717) is 47.1 Å². The van der Waals surface area contributed by atoms with Crippen LogP contribution in [0.25, 0.3) is 12.2 Å². The number of nitrogens with zero attached hydrogens (tertiary/aromatic N) is 5. The Balaban J connectivity index is 1.13. The number of carbonyl (C=O) groups excluding carboxylic acids is 3. The Labute approximate surface area is 284 Å². The first kappa shape index (κ1) is 34.0. The summed E-state index contributed by atoms with van der Waals surface area (Å²) in [5.41, 5.74) is 4.90. The normalized spacial score (nSPS) is 13.0. The van der Waals surface area contributed by atoms with E-state index in [9.17, 15) is 14.4 Å². The maximum atomic E-state index is 13.1. The highest BCUT2D eigenvalue weighted by Crippen LogP contribution is 2.19. The Bertz CT molecular complexity index is 1800. The molecule has 1 aromatic carbocycles. The molecule has 0 spiro atoms. The van der Waals surface area contributed by atoms with Crippen LogP contribution in [-0.2, 0) is 14.1 Å². The lowest BCUT2D eigenvalue weighted by atomic mass is 10.1. The van der Waals surface area contributed by atoms with Crippen molar-refractivity contribution in [1.29, 1.82) is 5.41 Å². The number of aromatic nitrogens is 3. The molecular weight excluding hydrogens is 627 g/mol. The zero-order chi connectivity index (χ0) is 34.2. The molecule has 1 fully saturated rings. The van der Waals surface area contributed by atoms with Gasteiger partial charge in [-0.05, 0) is 48.0 Å². The molecular formula is C35H41N9O3S. The number of hydrogen-bond donors (Lipinski definition) is 4. The molecule has 5 rings (SSSR count). The first-order chi connectivity index (χ1) is 23.1. The molecule has 13 heteroatoms. The van der Waals surface area contributed by atoms with Crippen molar-refractivity contribution in [2.24, 2.45) is 14.1 Å². The number of thioether (sulfide) groups is 1. The molecule has 0 atom stereocenters. The third kappa shape index (κ3) is 8.73. The van der Waals surface area contributed by atoms with E-state index in [4.69, 9.17) is 5.41 Å². The average molecular weight is 668 g/mol. The van der Waals surface area contributed by atoms with E-state index >= 15 is 0 Å². The minimum absolute atomic E-state index is 0.280. The van der Waals surface area contributed by atoms with E-state index in [-0.39, 0.29) is 11.8 Å². The van der Waals surface area contributed by atoms with Crippen LogP contribution in [0, 0.1) is 5.41 Å². The summed E-state index contributed by atoms with van der Waals surface area (Å²) in [6.45, 7) is 2.09. The second-order valence-corrected chi connectivity index (χ2v) is 12.9. The molecule has 0 saturated carbocycles. The molecule has 1 aliphatic rings. The number of amides is 3. The highest BCUT2D eigenvalue weighted by molar-refractivity contribution is 7.99. The van der Waals surface area contributed by atoms with Gasteiger partial charge in [-0.25, -0.2) is 0 Å². The van der Waals surface area contributed by atoms with Crippen LogP contribution in [-0.4, -0.2) is 87.8 Å². The second kappa shape index (κ2) is 15.5. The lowest BCUT2D eigenvalue weighted by Crippen LogP contribution is -2.39. The Morgan fingerprint density at radius 3 is 2.10 bits per heavy atom. The zero-order valence-corrected chi connectivity index (χ0v) is 28.4. The number of pyridine rings is 1. The first-order valence-electron chi connectivity index (χ1n) is 15.6. The van der Waals surface area contributed by atoms with Crippen molar-refractivity contribution in [1.82, 2.24) is 24.3 Å². The molecule has 1 aliphatic heterocycles. The molecule has 0 aliphatic carbocycles. The molecule has 250 valence electrons. The summed E-state index contributed by atoms with van der Waals surface area (Å²) in [4.78, 5) is 47.4. The van der Waals surface area contributed by atoms with Crippen molar-refractivity contribution < 1.29 is 14.4 Å². The molecule has 3 amide bonds. The van der Waals surface area contributed by atoms with E-state index in [1.54, 1.807) is 59.9 Å². The Morgan fingerprint density at radius 2 is 1.50 bits per heavy atom. The molecule has 4 aromatic rings. The predicted octanol–water partition coefficient (Wildman–Crippen LogP) is 4.65. The third-order valence-corrected chi connectivity index (χ3v) is 8.88. The van der Waals surface area contributed by atoms with E-state index in [1.807, 2.05) is 67.2 Å². The number of benzene rings is 1. The summed E-state index contributed by atoms with van der Waals surface area (Å²) < 4.78 is 3.26. The van der Waals surface area contributed by atoms with Crippen LogP contribution in [0.4, 0.5) is 17.1 Å². The fourth-order valence-corrected chi connectivity index (χ4v) is 6.10. The van der Waals surface area contributed by atoms with Gasteiger partial charge in [0.25, 0.3) is 17.7 Å². The summed E-state index contributed by atoms with van der Waals surface area (Å²) in [6.07, 6.45) is 9.15. The molecule has 48 heavy (non-hydrogen) atoms. The largest absolute Gasteiger partial charge is 0.378 e. The van der Waals surface area contributed by atoms with Crippen LogP contribution in [0.3, 0.4) is 0 Å². The molecule has 3 aromatic heterocycles. The first-order valence-corrected chi connectivity index (χ1v) is 16.8. The van der Waals surface area contributed by atoms with Gasteiger partial charge >= 0.3 is 0 Å². The van der Waals surface area contributed by atoms with Crippen LogP contribution >= 0.6 is 11.8 Å². The van der Waals surface area contributed by atoms with Crippen LogP contribution in [0.1, 0.15) is 49.0 Å². The quantitative estimate of drug-likeness (QED) is 0.135. The van der Waals surface area contributed by atoms with Crippen molar-refractivity contribution in [2.45, 2.75) is 6.42 Å². The van der Waals surface area contributed by atoms with Crippen LogP contribution in [0.5, 0.6) is 0 Å². The number of aryl methyl sites for hydroxylation is 2. The van der Waals surface area contributed by atoms with Gasteiger partial charge in [-0.2, -0.15) is 11.8 Å². The van der Waals surface area contributed by atoms with Gasteiger partial charge in [0.15, 0.2) is 0 Å². The van der Waals surface area contributed by atoms with Crippen molar-refractivity contribution in [3.63, 3.8) is 0 Å². The minimum Gasteiger partial charge on any atom is -0.378 e. The van der Waals surface area contributed by atoms with Crippen LogP contribution in [0.15, 0.2) is 67.1 Å². The van der Waals surface area contributed by atoms with Gasteiger partial charge in [-0.1, -0.05) is 18.2 Å². The third-order valence-electron chi connectivity index (χ3n) is 7.94. The fourth-order valence-electron chi connectivity index (χ4n) is 5.20. The Hall–Kier alpha value is -5.30. The second-order valence-electron chi connectivity index (χ2n) is 11.7. The number of rotatable bonds is 11. The number of nitrogens with one attached hydrogen (secondary N) is 4. The van der Waals surface area contributed by atoms with Crippen molar-refractivity contribution in [2.75, 3.05) is 60.8 Å². The molecule has 4 N–H and O–H groups in total. The Morgan fingerprint density at radius 1 is 0.875 bits per heavy atom. The lowest BCUT2D eigenvalue weighted by Gasteiger charge is -2.28. The summed E-state index contributed by atoms with van der Waals surface area (Å²) in [5.74, 6) is 1.55. The van der Waals surface area contributed by atoms with Gasteiger partial charge in [0.2, 0.25) is 0 Å². The van der Waals surface area contributed by atoms with Crippen molar-refractivity contribution in [3.8, 4) is 0 Å². The van der Waals surface area contributed by atoms with Crippen molar-refractivity contribution >= 4 is 64.5 Å². The molecule has 0 unspecified atom stereocenters. The standard InChI is InChI=1S/C35H41N9O3S/c1-41(2)29-11-6-24(7-12-29)5-9-26-10-8-25(21-38-26)33(45)39-27-20-31(43(4)22-27)35(47)40-28-19-30(42(3)23-28)34(46)37-14-13-32(36)44-15-17-48-18-16-44/h5-12,19-23,36H,13-18H2,1-4H3,(H,37,46)(H,39,45)(H,40,47)/b9-5+,36-32?. The lowest BCUT2D eigenvalue weighted by molar-refractivity contribution is 0.0944. The number of anilines is 3. The summed E-state index contributed by atoms with van der Waals surface area (Å²) in [7, 11) is 7.44. The molecule has 12 nitrogen and oxygen atoms in total. The van der Waals surface area contributed by atoms with Gasteiger partial charge in [-0.3, -0.25) is 24.8 Å². The van der Waals surface area contributed by atoms with Gasteiger partial charge < -0.3 is 34.9 Å². The number of carbonyl (C=O) groups is 3. The van der Waals surface area contributed by atoms with Crippen LogP contribution in [0.2, 0.25) is 0 Å².